The lowest BCUT2D eigenvalue weighted by molar-refractivity contribution is 0.314. The van der Waals surface area contributed by atoms with Gasteiger partial charge in [-0.25, -0.2) is 4.98 Å². The molecule has 98 valence electrons. The SMILES string of the molecule is NCCCOc1ccc2nc(-c3cccs3)sc2c1. The molecule has 0 unspecified atom stereocenters. The zero-order valence-electron chi connectivity index (χ0n) is 10.3. The lowest BCUT2D eigenvalue weighted by Crippen LogP contribution is -2.05. The molecular formula is C14H14N2OS2. The number of benzene rings is 1. The highest BCUT2D eigenvalue weighted by Crippen LogP contribution is 2.34. The highest BCUT2D eigenvalue weighted by Gasteiger charge is 2.07. The van der Waals surface area contributed by atoms with Gasteiger partial charge in [-0.2, -0.15) is 0 Å². The van der Waals surface area contributed by atoms with Crippen LogP contribution in [0, 0.1) is 0 Å². The molecule has 0 amide bonds. The van der Waals surface area contributed by atoms with E-state index in [1.54, 1.807) is 22.7 Å². The average Bonchev–Trinajstić information content (AvgIpc) is 3.07. The average molecular weight is 290 g/mol. The summed E-state index contributed by atoms with van der Waals surface area (Å²) in [6.45, 7) is 1.32. The van der Waals surface area contributed by atoms with Gasteiger partial charge >= 0.3 is 0 Å². The summed E-state index contributed by atoms with van der Waals surface area (Å²) in [5, 5.41) is 3.15. The molecule has 1 aromatic carbocycles. The molecule has 3 rings (SSSR count). The number of hydrogen-bond acceptors (Lipinski definition) is 5. The molecular weight excluding hydrogens is 276 g/mol. The number of nitrogens with zero attached hydrogens (tertiary/aromatic N) is 1. The first-order valence-electron chi connectivity index (χ1n) is 6.14. The summed E-state index contributed by atoms with van der Waals surface area (Å²) in [7, 11) is 0. The van der Waals surface area contributed by atoms with Gasteiger partial charge in [0.15, 0.2) is 0 Å². The Bertz CT molecular complexity index is 661. The first kappa shape index (κ1) is 12.6. The summed E-state index contributed by atoms with van der Waals surface area (Å²) in [5.74, 6) is 0.891. The molecule has 0 aliphatic rings. The highest BCUT2D eigenvalue weighted by molar-refractivity contribution is 7.25. The van der Waals surface area contributed by atoms with Crippen molar-refractivity contribution in [3.8, 4) is 15.6 Å². The van der Waals surface area contributed by atoms with Crippen molar-refractivity contribution in [3.05, 3.63) is 35.7 Å². The third-order valence-corrected chi connectivity index (χ3v) is 4.77. The third kappa shape index (κ3) is 2.78. The van der Waals surface area contributed by atoms with E-state index < -0.39 is 0 Å². The van der Waals surface area contributed by atoms with Gasteiger partial charge in [0.1, 0.15) is 10.8 Å². The van der Waals surface area contributed by atoms with Crippen molar-refractivity contribution in [2.24, 2.45) is 5.73 Å². The molecule has 3 nitrogen and oxygen atoms in total. The minimum absolute atomic E-state index is 0.658. The van der Waals surface area contributed by atoms with Crippen LogP contribution in [0.2, 0.25) is 0 Å². The predicted molar refractivity (Wildman–Crippen MR) is 82.1 cm³/mol. The monoisotopic (exact) mass is 290 g/mol. The van der Waals surface area contributed by atoms with Crippen molar-refractivity contribution in [1.29, 1.82) is 0 Å². The van der Waals surface area contributed by atoms with Gasteiger partial charge in [0.25, 0.3) is 0 Å². The van der Waals surface area contributed by atoms with Crippen LogP contribution in [-0.2, 0) is 0 Å². The second-order valence-corrected chi connectivity index (χ2v) is 6.09. The van der Waals surface area contributed by atoms with Crippen LogP contribution in [0.5, 0.6) is 5.75 Å². The molecule has 2 N–H and O–H groups in total. The van der Waals surface area contributed by atoms with E-state index in [1.807, 2.05) is 18.2 Å². The summed E-state index contributed by atoms with van der Waals surface area (Å²) < 4.78 is 6.82. The first-order valence-corrected chi connectivity index (χ1v) is 7.84. The standard InChI is InChI=1S/C14H14N2OS2/c15-6-2-7-17-10-4-5-11-13(9-10)19-14(16-11)12-3-1-8-18-12/h1,3-5,8-9H,2,6-7,15H2. The number of fused-ring (bicyclic) bond motifs is 1. The normalized spacial score (nSPS) is 11.0. The first-order chi connectivity index (χ1) is 9.36. The van der Waals surface area contributed by atoms with Gasteiger partial charge in [-0.3, -0.25) is 0 Å². The van der Waals surface area contributed by atoms with Crippen molar-refractivity contribution in [3.63, 3.8) is 0 Å². The maximum Gasteiger partial charge on any atom is 0.134 e. The molecule has 3 aromatic rings. The summed E-state index contributed by atoms with van der Waals surface area (Å²) in [6.07, 6.45) is 0.876. The summed E-state index contributed by atoms with van der Waals surface area (Å²) >= 11 is 3.42. The topological polar surface area (TPSA) is 48.1 Å². The third-order valence-electron chi connectivity index (χ3n) is 2.71. The second-order valence-electron chi connectivity index (χ2n) is 4.12. The lowest BCUT2D eigenvalue weighted by Gasteiger charge is -2.04. The van der Waals surface area contributed by atoms with E-state index in [0.29, 0.717) is 13.2 Å². The smallest absolute Gasteiger partial charge is 0.134 e. The van der Waals surface area contributed by atoms with Crippen molar-refractivity contribution in [1.82, 2.24) is 4.98 Å². The minimum atomic E-state index is 0.658. The van der Waals surface area contributed by atoms with E-state index in [4.69, 9.17) is 10.5 Å². The van der Waals surface area contributed by atoms with Crippen molar-refractivity contribution in [2.75, 3.05) is 13.2 Å². The number of thiazole rings is 1. The number of thiophene rings is 1. The van der Waals surface area contributed by atoms with E-state index in [9.17, 15) is 0 Å². The number of rotatable bonds is 5. The van der Waals surface area contributed by atoms with Crippen molar-refractivity contribution in [2.45, 2.75) is 6.42 Å². The number of nitrogens with two attached hydrogens (primary N) is 1. The fourth-order valence-electron chi connectivity index (χ4n) is 1.77. The van der Waals surface area contributed by atoms with E-state index >= 15 is 0 Å². The molecule has 0 radical (unpaired) electrons. The Morgan fingerprint density at radius 2 is 2.21 bits per heavy atom. The molecule has 0 fully saturated rings. The quantitative estimate of drug-likeness (QED) is 0.728. The zero-order chi connectivity index (χ0) is 13.1. The molecule has 0 spiro atoms. The van der Waals surface area contributed by atoms with E-state index in [2.05, 4.69) is 22.5 Å². The fourth-order valence-corrected chi connectivity index (χ4v) is 3.56. The van der Waals surface area contributed by atoms with Crippen LogP contribution in [0.4, 0.5) is 0 Å². The molecule has 0 saturated carbocycles. The van der Waals surface area contributed by atoms with Gasteiger partial charge in [-0.15, -0.1) is 22.7 Å². The van der Waals surface area contributed by atoms with Crippen LogP contribution in [0.15, 0.2) is 35.7 Å². The molecule has 2 aromatic heterocycles. The van der Waals surface area contributed by atoms with Gasteiger partial charge < -0.3 is 10.5 Å². The minimum Gasteiger partial charge on any atom is -0.493 e. The Balaban J connectivity index is 1.87. The molecule has 19 heavy (non-hydrogen) atoms. The Morgan fingerprint density at radius 1 is 1.26 bits per heavy atom. The molecule has 2 heterocycles. The maximum absolute atomic E-state index is 5.66. The maximum atomic E-state index is 5.66. The van der Waals surface area contributed by atoms with Crippen LogP contribution >= 0.6 is 22.7 Å². The Morgan fingerprint density at radius 3 is 3.00 bits per heavy atom. The Kier molecular flexibility index (Phi) is 3.77. The molecule has 0 aliphatic carbocycles. The zero-order valence-corrected chi connectivity index (χ0v) is 12.0. The molecule has 0 bridgehead atoms. The number of hydrogen-bond donors (Lipinski definition) is 1. The van der Waals surface area contributed by atoms with Crippen LogP contribution in [-0.4, -0.2) is 18.1 Å². The summed E-state index contributed by atoms with van der Waals surface area (Å²) in [6, 6.07) is 10.2. The number of aromatic nitrogens is 1. The largest absolute Gasteiger partial charge is 0.493 e. The number of ether oxygens (including phenoxy) is 1. The predicted octanol–water partition coefficient (Wildman–Crippen LogP) is 3.75. The molecule has 0 saturated heterocycles. The van der Waals surface area contributed by atoms with Gasteiger partial charge in [0.2, 0.25) is 0 Å². The van der Waals surface area contributed by atoms with E-state index in [0.717, 1.165) is 27.4 Å². The van der Waals surface area contributed by atoms with Gasteiger partial charge in [-0.05, 0) is 42.6 Å². The molecule has 0 aliphatic heterocycles. The van der Waals surface area contributed by atoms with Crippen molar-refractivity contribution < 1.29 is 4.74 Å². The molecule has 5 heteroatoms. The van der Waals surface area contributed by atoms with E-state index in [1.165, 1.54) is 4.88 Å². The second kappa shape index (κ2) is 5.69. The fraction of sp³-hybridized carbons (Fsp3) is 0.214. The van der Waals surface area contributed by atoms with E-state index in [-0.39, 0.29) is 0 Å². The molecule has 0 atom stereocenters. The summed E-state index contributed by atoms with van der Waals surface area (Å²) in [4.78, 5) is 5.86. The summed E-state index contributed by atoms with van der Waals surface area (Å²) in [5.41, 5.74) is 6.48. The Hall–Kier alpha value is -1.43. The Labute approximate surface area is 119 Å². The van der Waals surface area contributed by atoms with Crippen molar-refractivity contribution >= 4 is 32.9 Å². The highest BCUT2D eigenvalue weighted by atomic mass is 32.1. The van der Waals surface area contributed by atoms with Gasteiger partial charge in [-0.1, -0.05) is 6.07 Å². The van der Waals surface area contributed by atoms with Crippen LogP contribution < -0.4 is 10.5 Å². The van der Waals surface area contributed by atoms with Crippen LogP contribution in [0.25, 0.3) is 20.1 Å². The van der Waals surface area contributed by atoms with Crippen LogP contribution in [0.3, 0.4) is 0 Å². The lowest BCUT2D eigenvalue weighted by atomic mass is 10.3. The van der Waals surface area contributed by atoms with Gasteiger partial charge in [0.05, 0.1) is 21.7 Å². The van der Waals surface area contributed by atoms with Crippen LogP contribution in [0.1, 0.15) is 6.42 Å². The van der Waals surface area contributed by atoms with Gasteiger partial charge in [0, 0.05) is 0 Å².